The highest BCUT2D eigenvalue weighted by Gasteiger charge is 2.17. The molecule has 1 fully saturated rings. The molecule has 1 aromatic heterocycles. The van der Waals surface area contributed by atoms with Crippen molar-refractivity contribution < 1.29 is 0 Å². The van der Waals surface area contributed by atoms with Crippen molar-refractivity contribution in [3.05, 3.63) is 18.2 Å². The molecule has 1 aliphatic rings. The Kier molecular flexibility index (Phi) is 2.87. The summed E-state index contributed by atoms with van der Waals surface area (Å²) in [6.45, 7) is 6.74. The van der Waals surface area contributed by atoms with Crippen LogP contribution in [-0.2, 0) is 0 Å². The molecule has 0 radical (unpaired) electrons. The fourth-order valence-electron chi connectivity index (χ4n) is 2.15. The molecular weight excluding hydrogens is 174 g/mol. The largest absolute Gasteiger partial charge is 0.331 e. The molecule has 1 aromatic rings. The molecule has 0 bridgehead atoms. The monoisotopic (exact) mass is 193 g/mol. The van der Waals surface area contributed by atoms with E-state index in [1.807, 2.05) is 12.5 Å². The summed E-state index contributed by atoms with van der Waals surface area (Å²) in [5, 5.41) is 3.39. The number of nitrogens with one attached hydrogen (secondary N) is 1. The zero-order valence-electron chi connectivity index (χ0n) is 9.03. The van der Waals surface area contributed by atoms with Crippen LogP contribution in [0, 0.1) is 0 Å². The Morgan fingerprint density at radius 2 is 2.14 bits per heavy atom. The fraction of sp³-hybridized carbons (Fsp3) is 0.727. The van der Waals surface area contributed by atoms with E-state index >= 15 is 0 Å². The fourth-order valence-corrected chi connectivity index (χ4v) is 2.15. The van der Waals surface area contributed by atoms with E-state index in [9.17, 15) is 0 Å². The lowest BCUT2D eigenvalue weighted by Crippen LogP contribution is -2.29. The number of imidazole rings is 1. The van der Waals surface area contributed by atoms with Crippen LogP contribution in [0.15, 0.2) is 12.5 Å². The van der Waals surface area contributed by atoms with Gasteiger partial charge in [-0.05, 0) is 31.8 Å². The highest BCUT2D eigenvalue weighted by molar-refractivity contribution is 5.05. The molecular formula is C11H19N3. The lowest BCUT2D eigenvalue weighted by Gasteiger charge is -2.26. The number of piperidine rings is 1. The third-order valence-electron chi connectivity index (χ3n) is 2.99. The van der Waals surface area contributed by atoms with Crippen LogP contribution in [0.5, 0.6) is 0 Å². The first-order valence-electron chi connectivity index (χ1n) is 5.51. The van der Waals surface area contributed by atoms with E-state index in [1.54, 1.807) is 0 Å². The average Bonchev–Trinajstić information content (AvgIpc) is 2.67. The summed E-state index contributed by atoms with van der Waals surface area (Å²) in [4.78, 5) is 4.26. The molecule has 3 heteroatoms. The summed E-state index contributed by atoms with van der Waals surface area (Å²) in [5.74, 6) is 0.576. The van der Waals surface area contributed by atoms with Crippen molar-refractivity contribution in [1.29, 1.82) is 0 Å². The van der Waals surface area contributed by atoms with Gasteiger partial charge in [-0.15, -0.1) is 0 Å². The van der Waals surface area contributed by atoms with E-state index in [2.05, 4.69) is 28.7 Å². The maximum absolute atomic E-state index is 4.26. The van der Waals surface area contributed by atoms with Crippen molar-refractivity contribution in [3.63, 3.8) is 0 Å². The molecule has 78 valence electrons. The van der Waals surface area contributed by atoms with Gasteiger partial charge in [-0.25, -0.2) is 4.98 Å². The summed E-state index contributed by atoms with van der Waals surface area (Å²) in [5.41, 5.74) is 1.37. The molecule has 0 atom stereocenters. The van der Waals surface area contributed by atoms with Gasteiger partial charge in [-0.2, -0.15) is 0 Å². The van der Waals surface area contributed by atoms with Gasteiger partial charge in [-0.3, -0.25) is 0 Å². The van der Waals surface area contributed by atoms with Crippen molar-refractivity contribution in [1.82, 2.24) is 14.9 Å². The van der Waals surface area contributed by atoms with E-state index in [0.29, 0.717) is 12.0 Å². The summed E-state index contributed by atoms with van der Waals surface area (Å²) in [7, 11) is 0. The zero-order chi connectivity index (χ0) is 9.97. The first-order chi connectivity index (χ1) is 6.79. The molecule has 1 aliphatic heterocycles. The van der Waals surface area contributed by atoms with Crippen LogP contribution < -0.4 is 5.32 Å². The van der Waals surface area contributed by atoms with Crippen molar-refractivity contribution in [2.45, 2.75) is 38.6 Å². The zero-order valence-corrected chi connectivity index (χ0v) is 9.03. The van der Waals surface area contributed by atoms with Crippen LogP contribution in [0.1, 0.15) is 44.3 Å². The van der Waals surface area contributed by atoms with Gasteiger partial charge in [0, 0.05) is 17.9 Å². The van der Waals surface area contributed by atoms with Gasteiger partial charge in [0.2, 0.25) is 0 Å². The molecule has 2 rings (SSSR count). The van der Waals surface area contributed by atoms with Gasteiger partial charge in [-0.1, -0.05) is 13.8 Å². The highest BCUT2D eigenvalue weighted by Crippen LogP contribution is 2.24. The van der Waals surface area contributed by atoms with Crippen molar-refractivity contribution >= 4 is 0 Å². The number of nitrogens with zero attached hydrogens (tertiary/aromatic N) is 2. The first kappa shape index (κ1) is 9.71. The average molecular weight is 193 g/mol. The van der Waals surface area contributed by atoms with Gasteiger partial charge in [0.1, 0.15) is 0 Å². The maximum atomic E-state index is 4.26. The summed E-state index contributed by atoms with van der Waals surface area (Å²) in [6, 6.07) is 0.663. The van der Waals surface area contributed by atoms with Gasteiger partial charge in [0.25, 0.3) is 0 Å². The number of hydrogen-bond acceptors (Lipinski definition) is 2. The van der Waals surface area contributed by atoms with Crippen LogP contribution >= 0.6 is 0 Å². The predicted octanol–water partition coefficient (Wildman–Crippen LogP) is 1.93. The minimum absolute atomic E-state index is 0.576. The SMILES string of the molecule is CC(C)c1cncn1C1CCNCC1. The molecule has 0 amide bonds. The van der Waals surface area contributed by atoms with Gasteiger partial charge >= 0.3 is 0 Å². The van der Waals surface area contributed by atoms with E-state index in [0.717, 1.165) is 13.1 Å². The molecule has 0 unspecified atom stereocenters. The molecule has 3 nitrogen and oxygen atoms in total. The first-order valence-corrected chi connectivity index (χ1v) is 5.51. The second-order valence-corrected chi connectivity index (χ2v) is 4.36. The molecule has 0 spiro atoms. The van der Waals surface area contributed by atoms with Crippen LogP contribution in [-0.4, -0.2) is 22.6 Å². The molecule has 2 heterocycles. The third kappa shape index (κ3) is 1.82. The number of rotatable bonds is 2. The summed E-state index contributed by atoms with van der Waals surface area (Å²) >= 11 is 0. The van der Waals surface area contributed by atoms with Crippen LogP contribution in [0.2, 0.25) is 0 Å². The van der Waals surface area contributed by atoms with Crippen LogP contribution in [0.4, 0.5) is 0 Å². The second-order valence-electron chi connectivity index (χ2n) is 4.36. The van der Waals surface area contributed by atoms with E-state index < -0.39 is 0 Å². The van der Waals surface area contributed by atoms with Crippen LogP contribution in [0.25, 0.3) is 0 Å². The Labute approximate surface area is 85.5 Å². The molecule has 1 saturated heterocycles. The van der Waals surface area contributed by atoms with E-state index in [1.165, 1.54) is 18.5 Å². The predicted molar refractivity (Wildman–Crippen MR) is 57.5 cm³/mol. The quantitative estimate of drug-likeness (QED) is 0.777. The van der Waals surface area contributed by atoms with E-state index in [4.69, 9.17) is 0 Å². The Balaban J connectivity index is 2.17. The van der Waals surface area contributed by atoms with Crippen molar-refractivity contribution in [2.24, 2.45) is 0 Å². The molecule has 1 N–H and O–H groups in total. The molecule has 0 aliphatic carbocycles. The smallest absolute Gasteiger partial charge is 0.0950 e. The Morgan fingerprint density at radius 3 is 2.79 bits per heavy atom. The molecule has 0 aromatic carbocycles. The second kappa shape index (κ2) is 4.13. The Hall–Kier alpha value is -0.830. The normalized spacial score (nSPS) is 19.1. The third-order valence-corrected chi connectivity index (χ3v) is 2.99. The van der Waals surface area contributed by atoms with E-state index in [-0.39, 0.29) is 0 Å². The Bertz CT molecular complexity index is 284. The molecule has 0 saturated carbocycles. The lowest BCUT2D eigenvalue weighted by molar-refractivity contribution is 0.358. The number of hydrogen-bond donors (Lipinski definition) is 1. The topological polar surface area (TPSA) is 29.9 Å². The van der Waals surface area contributed by atoms with Gasteiger partial charge in [0.05, 0.1) is 6.33 Å². The lowest BCUT2D eigenvalue weighted by atomic mass is 10.0. The van der Waals surface area contributed by atoms with Gasteiger partial charge in [0.15, 0.2) is 0 Å². The van der Waals surface area contributed by atoms with Gasteiger partial charge < -0.3 is 9.88 Å². The minimum atomic E-state index is 0.576. The summed E-state index contributed by atoms with van der Waals surface area (Å²) < 4.78 is 2.37. The highest BCUT2D eigenvalue weighted by atomic mass is 15.1. The minimum Gasteiger partial charge on any atom is -0.331 e. The van der Waals surface area contributed by atoms with Crippen LogP contribution in [0.3, 0.4) is 0 Å². The standard InChI is InChI=1S/C11H19N3/c1-9(2)11-7-13-8-14(11)10-3-5-12-6-4-10/h7-10,12H,3-6H2,1-2H3. The molecule has 14 heavy (non-hydrogen) atoms. The van der Waals surface area contributed by atoms with Crippen molar-refractivity contribution in [2.75, 3.05) is 13.1 Å². The summed E-state index contributed by atoms with van der Waals surface area (Å²) in [6.07, 6.45) is 6.46. The van der Waals surface area contributed by atoms with Crippen molar-refractivity contribution in [3.8, 4) is 0 Å². The maximum Gasteiger partial charge on any atom is 0.0950 e. The Morgan fingerprint density at radius 1 is 1.43 bits per heavy atom. The number of aromatic nitrogens is 2.